The van der Waals surface area contributed by atoms with Crippen LogP contribution in [0.25, 0.3) is 16.8 Å². The summed E-state index contributed by atoms with van der Waals surface area (Å²) in [5.41, 5.74) is 5.73. The fourth-order valence-corrected chi connectivity index (χ4v) is 2.64. The third-order valence-corrected chi connectivity index (χ3v) is 4.07. The number of rotatable bonds is 5. The fourth-order valence-electron chi connectivity index (χ4n) is 2.49. The molecule has 0 spiro atoms. The van der Waals surface area contributed by atoms with Crippen LogP contribution in [0.1, 0.15) is 5.56 Å². The maximum atomic E-state index is 11.9. The van der Waals surface area contributed by atoms with Gasteiger partial charge in [-0.15, -0.1) is 0 Å². The Balaban J connectivity index is 1.39. The Morgan fingerprint density at radius 1 is 0.897 bits per heavy atom. The zero-order valence-electron chi connectivity index (χ0n) is 15.4. The normalized spacial score (nSPS) is 10.5. The maximum absolute atomic E-state index is 11.9. The van der Waals surface area contributed by atoms with Gasteiger partial charge in [0.05, 0.1) is 0 Å². The highest BCUT2D eigenvalue weighted by Gasteiger charge is 2.05. The van der Waals surface area contributed by atoms with Crippen LogP contribution in [-0.2, 0) is 9.59 Å². The molecule has 0 aromatic heterocycles. The molecule has 0 radical (unpaired) electrons. The van der Waals surface area contributed by atoms with E-state index in [0.29, 0.717) is 5.75 Å². The molecule has 6 nitrogen and oxygen atoms in total. The molecule has 0 bridgehead atoms. The first-order valence-electron chi connectivity index (χ1n) is 8.85. The molecule has 0 heterocycles. The molecule has 0 unspecified atom stereocenters. The summed E-state index contributed by atoms with van der Waals surface area (Å²) in [6.45, 7) is -0.199. The number of amides is 2. The maximum Gasteiger partial charge on any atom is 0.276 e. The largest absolute Gasteiger partial charge is 0.484 e. The number of benzene rings is 3. The predicted molar refractivity (Wildman–Crippen MR) is 117 cm³/mol. The summed E-state index contributed by atoms with van der Waals surface area (Å²) in [5, 5.41) is 4.53. The number of hydrazine groups is 1. The summed E-state index contributed by atoms with van der Waals surface area (Å²) in [4.78, 5) is 23.7. The van der Waals surface area contributed by atoms with Crippen LogP contribution < -0.4 is 20.9 Å². The Morgan fingerprint density at radius 3 is 2.41 bits per heavy atom. The van der Waals surface area contributed by atoms with Crippen molar-refractivity contribution in [1.29, 1.82) is 0 Å². The molecule has 0 atom stereocenters. The van der Waals surface area contributed by atoms with Crippen LogP contribution in [-0.4, -0.2) is 23.5 Å². The number of carbonyl (C=O) groups is 2. The zero-order valence-corrected chi connectivity index (χ0v) is 16.2. The lowest BCUT2D eigenvalue weighted by Gasteiger charge is -2.11. The molecule has 0 saturated carbocycles. The summed E-state index contributed by atoms with van der Waals surface area (Å²) in [7, 11) is 0. The Hall–Kier alpha value is -3.71. The van der Waals surface area contributed by atoms with Crippen LogP contribution in [0.15, 0.2) is 78.9 Å². The molecular formula is C22H19N3O3S. The van der Waals surface area contributed by atoms with E-state index in [4.69, 9.17) is 17.0 Å². The molecular weight excluding hydrogens is 386 g/mol. The number of fused-ring (bicyclic) bond motifs is 1. The first-order chi connectivity index (χ1) is 14.1. The number of ether oxygens (including phenoxy) is 1. The highest BCUT2D eigenvalue weighted by Crippen LogP contribution is 2.20. The quantitative estimate of drug-likeness (QED) is 0.346. The van der Waals surface area contributed by atoms with E-state index in [9.17, 15) is 9.59 Å². The van der Waals surface area contributed by atoms with Gasteiger partial charge in [-0.05, 0) is 46.8 Å². The van der Waals surface area contributed by atoms with E-state index in [2.05, 4.69) is 16.2 Å². The summed E-state index contributed by atoms with van der Waals surface area (Å²) in [6.07, 6.45) is 3.02. The molecule has 0 fully saturated rings. The van der Waals surface area contributed by atoms with Gasteiger partial charge in [-0.3, -0.25) is 25.8 Å². The molecule has 0 aliphatic carbocycles. The number of hydrogen-bond acceptors (Lipinski definition) is 4. The van der Waals surface area contributed by atoms with E-state index in [1.165, 1.54) is 6.08 Å². The van der Waals surface area contributed by atoms with Crippen molar-refractivity contribution < 1.29 is 14.3 Å². The highest BCUT2D eigenvalue weighted by atomic mass is 32.1. The van der Waals surface area contributed by atoms with E-state index in [1.807, 2.05) is 66.7 Å². The molecule has 0 aliphatic rings. The van der Waals surface area contributed by atoms with Gasteiger partial charge in [0.2, 0.25) is 5.91 Å². The van der Waals surface area contributed by atoms with Crippen LogP contribution >= 0.6 is 12.2 Å². The topological polar surface area (TPSA) is 79.5 Å². The van der Waals surface area contributed by atoms with Crippen LogP contribution in [0, 0.1) is 0 Å². The van der Waals surface area contributed by atoms with Gasteiger partial charge in [0.25, 0.3) is 5.91 Å². The Bertz CT molecular complexity index is 1050. The van der Waals surface area contributed by atoms with Gasteiger partial charge in [0.15, 0.2) is 11.7 Å². The minimum absolute atomic E-state index is 0.0215. The van der Waals surface area contributed by atoms with Crippen molar-refractivity contribution >= 4 is 46.0 Å². The lowest BCUT2D eigenvalue weighted by atomic mass is 10.1. The minimum atomic E-state index is -0.436. The first kappa shape index (κ1) is 20.0. The molecule has 3 aromatic carbocycles. The van der Waals surface area contributed by atoms with Crippen molar-refractivity contribution in [2.24, 2.45) is 0 Å². The van der Waals surface area contributed by atoms with Crippen LogP contribution in [0.3, 0.4) is 0 Å². The second-order valence-corrected chi connectivity index (χ2v) is 6.44. The van der Waals surface area contributed by atoms with Crippen molar-refractivity contribution in [3.63, 3.8) is 0 Å². The lowest BCUT2D eigenvalue weighted by Crippen LogP contribution is -2.49. The summed E-state index contributed by atoms with van der Waals surface area (Å²) in [6, 6.07) is 22.8. The van der Waals surface area contributed by atoms with Gasteiger partial charge < -0.3 is 4.74 Å². The van der Waals surface area contributed by atoms with Gasteiger partial charge in [-0.2, -0.15) is 0 Å². The smallest absolute Gasteiger partial charge is 0.276 e. The summed E-state index contributed by atoms with van der Waals surface area (Å²) >= 11 is 4.98. The zero-order chi connectivity index (χ0) is 20.5. The third kappa shape index (κ3) is 6.44. The van der Waals surface area contributed by atoms with Gasteiger partial charge in [-0.25, -0.2) is 0 Å². The van der Waals surface area contributed by atoms with Crippen LogP contribution in [0.4, 0.5) is 0 Å². The second kappa shape index (κ2) is 10.0. The molecule has 3 rings (SSSR count). The molecule has 3 N–H and O–H groups in total. The van der Waals surface area contributed by atoms with E-state index in [1.54, 1.807) is 12.1 Å². The van der Waals surface area contributed by atoms with E-state index in [0.717, 1.165) is 16.3 Å². The lowest BCUT2D eigenvalue weighted by molar-refractivity contribution is -0.123. The van der Waals surface area contributed by atoms with Crippen molar-refractivity contribution in [3.05, 3.63) is 84.4 Å². The second-order valence-electron chi connectivity index (χ2n) is 6.03. The SMILES string of the molecule is O=C(/C=C/c1ccccc1)NC(=S)NNC(=O)COc1ccc2ccccc2c1. The number of nitrogens with one attached hydrogen (secondary N) is 3. The van der Waals surface area contributed by atoms with Crippen molar-refractivity contribution in [2.45, 2.75) is 0 Å². The van der Waals surface area contributed by atoms with E-state index in [-0.39, 0.29) is 11.7 Å². The third-order valence-electron chi connectivity index (χ3n) is 3.87. The van der Waals surface area contributed by atoms with Gasteiger partial charge in [0.1, 0.15) is 5.75 Å². The summed E-state index contributed by atoms with van der Waals surface area (Å²) in [5.74, 6) is -0.261. The molecule has 0 aliphatic heterocycles. The van der Waals surface area contributed by atoms with E-state index >= 15 is 0 Å². The molecule has 29 heavy (non-hydrogen) atoms. The van der Waals surface area contributed by atoms with Gasteiger partial charge >= 0.3 is 0 Å². The minimum Gasteiger partial charge on any atom is -0.484 e. The van der Waals surface area contributed by atoms with E-state index < -0.39 is 11.8 Å². The van der Waals surface area contributed by atoms with Crippen molar-refractivity contribution in [2.75, 3.05) is 6.61 Å². The van der Waals surface area contributed by atoms with Gasteiger partial charge in [0, 0.05) is 6.08 Å². The molecule has 0 saturated heterocycles. The van der Waals surface area contributed by atoms with Crippen LogP contribution in [0.5, 0.6) is 5.75 Å². The summed E-state index contributed by atoms with van der Waals surface area (Å²) < 4.78 is 5.48. The predicted octanol–water partition coefficient (Wildman–Crippen LogP) is 2.95. The first-order valence-corrected chi connectivity index (χ1v) is 9.25. The average molecular weight is 405 g/mol. The molecule has 2 amide bonds. The molecule has 146 valence electrons. The van der Waals surface area contributed by atoms with Crippen LogP contribution in [0.2, 0.25) is 0 Å². The number of hydrogen-bond donors (Lipinski definition) is 3. The Kier molecular flexibility index (Phi) is 6.91. The van der Waals surface area contributed by atoms with Crippen molar-refractivity contribution in [1.82, 2.24) is 16.2 Å². The standard InChI is InChI=1S/C22H19N3O3S/c26-20(13-10-16-6-2-1-3-7-16)23-22(29)25-24-21(27)15-28-19-12-11-17-8-4-5-9-18(17)14-19/h1-14H,15H2,(H,24,27)(H2,23,25,26,29)/b13-10+. The average Bonchev–Trinajstić information content (AvgIpc) is 2.75. The monoisotopic (exact) mass is 405 g/mol. The van der Waals surface area contributed by atoms with Crippen molar-refractivity contribution in [3.8, 4) is 5.75 Å². The molecule has 7 heteroatoms. The van der Waals surface area contributed by atoms with Gasteiger partial charge in [-0.1, -0.05) is 60.7 Å². The Labute approximate surface area is 173 Å². The molecule has 3 aromatic rings. The Morgan fingerprint density at radius 2 is 1.62 bits per heavy atom. The number of carbonyl (C=O) groups excluding carboxylic acids is 2. The fraction of sp³-hybridized carbons (Fsp3) is 0.0455. The highest BCUT2D eigenvalue weighted by molar-refractivity contribution is 7.80. The number of thiocarbonyl (C=S) groups is 1.